The van der Waals surface area contributed by atoms with Crippen LogP contribution in [0.15, 0.2) is 22.2 Å². The standard InChI is InChI=1S/C16H17Cl3FNO10S/c1-26-15(22)29-7-12(14(30-16(23)27-2)11(20)6-21-28-3)31-32(24,25)13-5-9(18)8(17)4-10(13)19/h4-6,11-12,14H,7H2,1-3H3/t11-,12-,14+/m1/s1. The first-order chi connectivity index (χ1) is 15.0. The number of nitrogens with zero attached hydrogens (tertiary/aromatic N) is 1. The molecule has 0 unspecified atom stereocenters. The van der Waals surface area contributed by atoms with Gasteiger partial charge in [0, 0.05) is 0 Å². The lowest BCUT2D eigenvalue weighted by Crippen LogP contribution is -2.45. The topological polar surface area (TPSA) is 136 Å². The zero-order valence-corrected chi connectivity index (χ0v) is 19.7. The molecule has 0 aliphatic heterocycles. The highest BCUT2D eigenvalue weighted by molar-refractivity contribution is 7.87. The largest absolute Gasteiger partial charge is 0.508 e. The zero-order chi connectivity index (χ0) is 24.5. The molecule has 1 rings (SSSR count). The molecule has 11 nitrogen and oxygen atoms in total. The predicted molar refractivity (Wildman–Crippen MR) is 110 cm³/mol. The normalized spacial score (nSPS) is 14.3. The minimum atomic E-state index is -4.81. The average Bonchev–Trinajstić information content (AvgIpc) is 2.74. The third kappa shape index (κ3) is 8.13. The number of alkyl halides is 1. The van der Waals surface area contributed by atoms with Crippen LogP contribution in [0, 0.1) is 0 Å². The van der Waals surface area contributed by atoms with Gasteiger partial charge in [0.1, 0.15) is 18.6 Å². The quantitative estimate of drug-likeness (QED) is 0.142. The van der Waals surface area contributed by atoms with E-state index in [0.717, 1.165) is 33.5 Å². The summed E-state index contributed by atoms with van der Waals surface area (Å²) >= 11 is 17.5. The lowest BCUT2D eigenvalue weighted by atomic mass is 10.1. The Morgan fingerprint density at radius 2 is 1.66 bits per heavy atom. The number of rotatable bonds is 10. The van der Waals surface area contributed by atoms with Gasteiger partial charge < -0.3 is 23.8 Å². The van der Waals surface area contributed by atoms with Crippen LogP contribution in [0.3, 0.4) is 0 Å². The molecule has 0 fully saturated rings. The highest BCUT2D eigenvalue weighted by Gasteiger charge is 2.39. The van der Waals surface area contributed by atoms with E-state index in [1.54, 1.807) is 0 Å². The van der Waals surface area contributed by atoms with Crippen LogP contribution in [0.5, 0.6) is 0 Å². The fraction of sp³-hybridized carbons (Fsp3) is 0.438. The summed E-state index contributed by atoms with van der Waals surface area (Å²) in [6.45, 7) is -0.951. The minimum absolute atomic E-state index is 0.0484. The number of ether oxygens (including phenoxy) is 4. The van der Waals surface area contributed by atoms with E-state index in [9.17, 15) is 22.4 Å². The van der Waals surface area contributed by atoms with Gasteiger partial charge in [-0.25, -0.2) is 14.0 Å². The van der Waals surface area contributed by atoms with E-state index in [2.05, 4.69) is 24.2 Å². The summed E-state index contributed by atoms with van der Waals surface area (Å²) in [6, 6.07) is 1.92. The molecule has 0 aromatic heterocycles. The molecule has 0 bridgehead atoms. The molecule has 16 heteroatoms. The Bertz CT molecular complexity index is 946. The van der Waals surface area contributed by atoms with E-state index in [1.807, 2.05) is 0 Å². The SMILES string of the molecule is CON=C[C@@H](F)[C@H](OC(=O)OC)[C@@H](COC(=O)OC)OS(=O)(=O)c1cc(Cl)c(Cl)cc1Cl. The maximum absolute atomic E-state index is 14.7. The van der Waals surface area contributed by atoms with E-state index in [4.69, 9.17) is 43.7 Å². The lowest BCUT2D eigenvalue weighted by Gasteiger charge is -2.26. The Hall–Kier alpha value is -2.06. The van der Waals surface area contributed by atoms with Crippen molar-refractivity contribution in [2.45, 2.75) is 23.3 Å². The molecule has 0 heterocycles. The van der Waals surface area contributed by atoms with Crippen molar-refractivity contribution in [2.75, 3.05) is 27.9 Å². The summed E-state index contributed by atoms with van der Waals surface area (Å²) in [5.41, 5.74) is 0. The van der Waals surface area contributed by atoms with E-state index in [1.165, 1.54) is 0 Å². The first-order valence-corrected chi connectivity index (χ1v) is 10.7. The van der Waals surface area contributed by atoms with Crippen LogP contribution < -0.4 is 0 Å². The summed E-state index contributed by atoms with van der Waals surface area (Å²) in [5, 5.41) is 2.58. The molecule has 0 spiro atoms. The molecular weight excluding hydrogens is 524 g/mol. The molecule has 0 saturated carbocycles. The fourth-order valence-corrected chi connectivity index (χ4v) is 4.06. The molecule has 0 aliphatic rings. The molecule has 1 aromatic rings. The number of hydrogen-bond donors (Lipinski definition) is 0. The van der Waals surface area contributed by atoms with Crippen LogP contribution in [0.2, 0.25) is 15.1 Å². The maximum atomic E-state index is 14.7. The lowest BCUT2D eigenvalue weighted by molar-refractivity contribution is -0.0576. The van der Waals surface area contributed by atoms with Gasteiger partial charge in [0.15, 0.2) is 18.4 Å². The average molecular weight is 541 g/mol. The van der Waals surface area contributed by atoms with Crippen LogP contribution >= 0.6 is 34.8 Å². The Morgan fingerprint density at radius 1 is 1.06 bits per heavy atom. The van der Waals surface area contributed by atoms with Gasteiger partial charge >= 0.3 is 12.3 Å². The van der Waals surface area contributed by atoms with E-state index in [-0.39, 0.29) is 15.1 Å². The number of carbonyl (C=O) groups is 2. The molecule has 1 aromatic carbocycles. The molecule has 32 heavy (non-hydrogen) atoms. The molecule has 3 atom stereocenters. The minimum Gasteiger partial charge on any atom is -0.438 e. The van der Waals surface area contributed by atoms with Crippen molar-refractivity contribution < 1.29 is 50.4 Å². The van der Waals surface area contributed by atoms with Crippen LogP contribution in [-0.4, -0.2) is 73.3 Å². The Kier molecular flexibility index (Phi) is 11.2. The van der Waals surface area contributed by atoms with Crippen molar-refractivity contribution in [2.24, 2.45) is 5.16 Å². The van der Waals surface area contributed by atoms with Crippen molar-refractivity contribution in [3.05, 3.63) is 27.2 Å². The van der Waals surface area contributed by atoms with Crippen molar-refractivity contribution in [3.8, 4) is 0 Å². The number of methoxy groups -OCH3 is 2. The molecule has 0 N–H and O–H groups in total. The molecule has 0 saturated heterocycles. The third-order valence-electron chi connectivity index (χ3n) is 3.41. The highest BCUT2D eigenvalue weighted by atomic mass is 35.5. The van der Waals surface area contributed by atoms with Crippen LogP contribution in [0.4, 0.5) is 14.0 Å². The van der Waals surface area contributed by atoms with Crippen molar-refractivity contribution in [1.82, 2.24) is 0 Å². The fourth-order valence-electron chi connectivity index (χ4n) is 2.01. The Labute approximate surface area is 197 Å². The van der Waals surface area contributed by atoms with Gasteiger partial charge in [0.05, 0.1) is 35.5 Å². The number of carbonyl (C=O) groups excluding carboxylic acids is 2. The zero-order valence-electron chi connectivity index (χ0n) is 16.6. The van der Waals surface area contributed by atoms with Crippen molar-refractivity contribution in [1.29, 1.82) is 0 Å². The van der Waals surface area contributed by atoms with E-state index < -0.39 is 52.3 Å². The second-order valence-corrected chi connectivity index (χ2v) is 8.23. The van der Waals surface area contributed by atoms with Gasteiger partial charge in [-0.1, -0.05) is 40.0 Å². The van der Waals surface area contributed by atoms with Crippen molar-refractivity contribution in [3.63, 3.8) is 0 Å². The summed E-state index contributed by atoms with van der Waals surface area (Å²) in [7, 11) is -1.82. The van der Waals surface area contributed by atoms with Crippen molar-refractivity contribution >= 4 is 63.4 Å². The summed E-state index contributed by atoms with van der Waals surface area (Å²) < 4.78 is 63.3. The molecule has 180 valence electrons. The van der Waals surface area contributed by atoms with E-state index >= 15 is 0 Å². The first-order valence-electron chi connectivity index (χ1n) is 8.20. The summed E-state index contributed by atoms with van der Waals surface area (Å²) in [6.07, 6.45) is -8.45. The number of hydrogen-bond acceptors (Lipinski definition) is 11. The number of benzene rings is 1. The second-order valence-electron chi connectivity index (χ2n) is 5.47. The van der Waals surface area contributed by atoms with Crippen LogP contribution in [0.1, 0.15) is 0 Å². The van der Waals surface area contributed by atoms with E-state index in [0.29, 0.717) is 6.21 Å². The predicted octanol–water partition coefficient (Wildman–Crippen LogP) is 3.63. The molecule has 0 radical (unpaired) electrons. The van der Waals surface area contributed by atoms with Gasteiger partial charge in [-0.3, -0.25) is 4.18 Å². The number of halogens is 4. The monoisotopic (exact) mass is 539 g/mol. The smallest absolute Gasteiger partial charge is 0.438 e. The third-order valence-corrected chi connectivity index (χ3v) is 5.94. The van der Waals surface area contributed by atoms with Crippen LogP contribution in [0.25, 0.3) is 0 Å². The van der Waals surface area contributed by atoms with Gasteiger partial charge in [-0.15, -0.1) is 0 Å². The maximum Gasteiger partial charge on any atom is 0.508 e. The van der Waals surface area contributed by atoms with Gasteiger partial charge in [-0.05, 0) is 12.1 Å². The Balaban J connectivity index is 3.40. The molecule has 0 aliphatic carbocycles. The molecule has 0 amide bonds. The second kappa shape index (κ2) is 12.8. The first kappa shape index (κ1) is 28.0. The number of oxime groups is 1. The van der Waals surface area contributed by atoms with Crippen LogP contribution in [-0.2, 0) is 38.1 Å². The Morgan fingerprint density at radius 3 is 2.22 bits per heavy atom. The van der Waals surface area contributed by atoms with Gasteiger partial charge in [-0.2, -0.15) is 8.42 Å². The summed E-state index contributed by atoms with van der Waals surface area (Å²) in [5.74, 6) is 0. The van der Waals surface area contributed by atoms with Gasteiger partial charge in [0.25, 0.3) is 10.1 Å². The highest BCUT2D eigenvalue weighted by Crippen LogP contribution is 2.33. The molecular formula is C16H17Cl3FNO10S. The van der Waals surface area contributed by atoms with Gasteiger partial charge in [0.2, 0.25) is 0 Å². The summed E-state index contributed by atoms with van der Waals surface area (Å²) in [4.78, 5) is 26.7.